The summed E-state index contributed by atoms with van der Waals surface area (Å²) in [4.78, 5) is 60.0. The molecule has 1 aromatic heterocycles. The normalized spacial score (nSPS) is 27.0. The third-order valence-electron chi connectivity index (χ3n) is 3.91. The number of hydrogen-bond donors (Lipinski definition) is 1. The molecule has 11 heteroatoms. The molecule has 1 aliphatic heterocycles. The van der Waals surface area contributed by atoms with E-state index in [0.29, 0.717) is 0 Å². The topological polar surface area (TPSA) is 143 Å². The molecule has 4 atom stereocenters. The second kappa shape index (κ2) is 7.74. The zero-order valence-electron chi connectivity index (χ0n) is 15.2. The first-order valence-corrected chi connectivity index (χ1v) is 8.01. The maximum Gasteiger partial charge on any atom is 0.330 e. The molecule has 11 nitrogen and oxygen atoms in total. The number of rotatable bonds is 5. The van der Waals surface area contributed by atoms with Gasteiger partial charge in [-0.3, -0.25) is 28.7 Å². The van der Waals surface area contributed by atoms with E-state index in [4.69, 9.17) is 18.9 Å². The molecule has 0 amide bonds. The first-order valence-electron chi connectivity index (χ1n) is 8.01. The Morgan fingerprint density at radius 3 is 2.37 bits per heavy atom. The van der Waals surface area contributed by atoms with Gasteiger partial charge in [-0.25, -0.2) is 4.79 Å². The maximum atomic E-state index is 12.2. The van der Waals surface area contributed by atoms with Gasteiger partial charge in [0.15, 0.2) is 17.9 Å². The van der Waals surface area contributed by atoms with Crippen LogP contribution in [0.1, 0.15) is 33.9 Å². The molecule has 0 aromatic carbocycles. The SMILES string of the molecule is CC(=O)OCC1O[C@H](n2ccc(=O)[nH]c2=O)C(C)(OC(C)=O)[C@H]1OC(C)=O. The van der Waals surface area contributed by atoms with Crippen LogP contribution in [0.2, 0.25) is 0 Å². The Morgan fingerprint density at radius 1 is 1.19 bits per heavy atom. The van der Waals surface area contributed by atoms with Crippen LogP contribution in [0.4, 0.5) is 0 Å². The van der Waals surface area contributed by atoms with Crippen molar-refractivity contribution in [1.82, 2.24) is 9.55 Å². The lowest BCUT2D eigenvalue weighted by Gasteiger charge is -2.34. The second-order valence-corrected chi connectivity index (χ2v) is 6.15. The molecule has 2 heterocycles. The van der Waals surface area contributed by atoms with Gasteiger partial charge in [-0.05, 0) is 6.92 Å². The van der Waals surface area contributed by atoms with Crippen LogP contribution in [-0.4, -0.2) is 51.9 Å². The van der Waals surface area contributed by atoms with E-state index < -0.39 is 53.2 Å². The zero-order chi connectivity index (χ0) is 20.4. The van der Waals surface area contributed by atoms with Crippen LogP contribution in [0.15, 0.2) is 21.9 Å². The van der Waals surface area contributed by atoms with Gasteiger partial charge in [-0.15, -0.1) is 0 Å². The molecule has 0 bridgehead atoms. The largest absolute Gasteiger partial charge is 0.463 e. The summed E-state index contributed by atoms with van der Waals surface area (Å²) < 4.78 is 22.3. The number of carbonyl (C=O) groups is 3. The molecule has 0 aliphatic carbocycles. The predicted molar refractivity (Wildman–Crippen MR) is 87.6 cm³/mol. The molecule has 0 saturated carbocycles. The fraction of sp³-hybridized carbons (Fsp3) is 0.562. The summed E-state index contributed by atoms with van der Waals surface area (Å²) in [5.41, 5.74) is -3.08. The molecular weight excluding hydrogens is 364 g/mol. The third kappa shape index (κ3) is 4.42. The third-order valence-corrected chi connectivity index (χ3v) is 3.91. The van der Waals surface area contributed by atoms with E-state index >= 15 is 0 Å². The van der Waals surface area contributed by atoms with Gasteiger partial charge in [-0.1, -0.05) is 0 Å². The lowest BCUT2D eigenvalue weighted by atomic mass is 9.95. The van der Waals surface area contributed by atoms with Crippen molar-refractivity contribution in [3.8, 4) is 0 Å². The van der Waals surface area contributed by atoms with E-state index in [1.165, 1.54) is 13.8 Å². The highest BCUT2D eigenvalue weighted by Gasteiger charge is 2.60. The summed E-state index contributed by atoms with van der Waals surface area (Å²) in [5.74, 6) is -2.00. The van der Waals surface area contributed by atoms with Crippen LogP contribution in [0.25, 0.3) is 0 Å². The van der Waals surface area contributed by atoms with E-state index in [1.54, 1.807) is 0 Å². The first-order chi connectivity index (χ1) is 12.5. The van der Waals surface area contributed by atoms with Crippen LogP contribution in [0, 0.1) is 0 Å². The second-order valence-electron chi connectivity index (χ2n) is 6.15. The monoisotopic (exact) mass is 384 g/mol. The van der Waals surface area contributed by atoms with Crippen molar-refractivity contribution >= 4 is 17.9 Å². The highest BCUT2D eigenvalue weighted by Crippen LogP contribution is 2.42. The van der Waals surface area contributed by atoms with Crippen molar-refractivity contribution in [2.45, 2.75) is 51.7 Å². The summed E-state index contributed by atoms with van der Waals surface area (Å²) in [6.45, 7) is 4.58. The number of aromatic nitrogens is 2. The number of ether oxygens (including phenoxy) is 4. The average Bonchev–Trinajstić information content (AvgIpc) is 2.77. The fourth-order valence-electron chi connectivity index (χ4n) is 2.95. The van der Waals surface area contributed by atoms with E-state index in [-0.39, 0.29) is 6.61 Å². The summed E-state index contributed by atoms with van der Waals surface area (Å²) >= 11 is 0. The fourth-order valence-corrected chi connectivity index (χ4v) is 2.95. The molecule has 27 heavy (non-hydrogen) atoms. The number of esters is 3. The minimum absolute atomic E-state index is 0.307. The van der Waals surface area contributed by atoms with Gasteiger partial charge in [0.1, 0.15) is 12.7 Å². The Labute approximate surface area is 153 Å². The van der Waals surface area contributed by atoms with E-state index in [1.807, 2.05) is 0 Å². The van der Waals surface area contributed by atoms with Gasteiger partial charge >= 0.3 is 23.6 Å². The van der Waals surface area contributed by atoms with Gasteiger partial charge in [0.25, 0.3) is 5.56 Å². The number of carbonyl (C=O) groups excluding carboxylic acids is 3. The summed E-state index contributed by atoms with van der Waals surface area (Å²) in [7, 11) is 0. The minimum Gasteiger partial charge on any atom is -0.463 e. The predicted octanol–water partition coefficient (Wildman–Crippen LogP) is -0.749. The number of nitrogens with zero attached hydrogens (tertiary/aromatic N) is 1. The van der Waals surface area contributed by atoms with Crippen LogP contribution in [0.5, 0.6) is 0 Å². The molecule has 1 fully saturated rings. The maximum absolute atomic E-state index is 12.2. The van der Waals surface area contributed by atoms with Gasteiger partial charge in [0.2, 0.25) is 0 Å². The van der Waals surface area contributed by atoms with Crippen molar-refractivity contribution in [2.24, 2.45) is 0 Å². The number of H-pyrrole nitrogens is 1. The van der Waals surface area contributed by atoms with Crippen molar-refractivity contribution in [3.63, 3.8) is 0 Å². The number of aromatic amines is 1. The number of hydrogen-bond acceptors (Lipinski definition) is 9. The summed E-state index contributed by atoms with van der Waals surface area (Å²) in [6, 6.07) is 1.08. The molecule has 0 radical (unpaired) electrons. The molecular formula is C16H20N2O9. The van der Waals surface area contributed by atoms with Crippen molar-refractivity contribution in [1.29, 1.82) is 0 Å². The zero-order valence-corrected chi connectivity index (χ0v) is 15.2. The molecule has 2 rings (SSSR count). The Kier molecular flexibility index (Phi) is 5.84. The smallest absolute Gasteiger partial charge is 0.330 e. The Balaban J connectivity index is 2.53. The lowest BCUT2D eigenvalue weighted by molar-refractivity contribution is -0.185. The number of nitrogens with one attached hydrogen (secondary N) is 1. The Morgan fingerprint density at radius 2 is 1.85 bits per heavy atom. The van der Waals surface area contributed by atoms with Crippen LogP contribution >= 0.6 is 0 Å². The van der Waals surface area contributed by atoms with Gasteiger partial charge in [0, 0.05) is 33.0 Å². The van der Waals surface area contributed by atoms with Crippen LogP contribution in [0.3, 0.4) is 0 Å². The average molecular weight is 384 g/mol. The van der Waals surface area contributed by atoms with Crippen molar-refractivity contribution in [3.05, 3.63) is 33.1 Å². The molecule has 1 aromatic rings. The highest BCUT2D eigenvalue weighted by atomic mass is 16.7. The molecule has 2 unspecified atom stereocenters. The Bertz CT molecular complexity index is 858. The molecule has 0 spiro atoms. The van der Waals surface area contributed by atoms with Crippen molar-refractivity contribution in [2.75, 3.05) is 6.61 Å². The molecule has 1 N–H and O–H groups in total. The van der Waals surface area contributed by atoms with E-state index in [2.05, 4.69) is 4.98 Å². The molecule has 148 valence electrons. The summed E-state index contributed by atoms with van der Waals surface area (Å²) in [6.07, 6.45) is -2.30. The van der Waals surface area contributed by atoms with Gasteiger partial charge < -0.3 is 18.9 Å². The first kappa shape index (κ1) is 20.4. The highest BCUT2D eigenvalue weighted by molar-refractivity contribution is 5.68. The van der Waals surface area contributed by atoms with Crippen molar-refractivity contribution < 1.29 is 33.3 Å². The molecule has 1 aliphatic rings. The van der Waals surface area contributed by atoms with E-state index in [9.17, 15) is 24.0 Å². The molecule has 1 saturated heterocycles. The minimum atomic E-state index is -1.63. The van der Waals surface area contributed by atoms with E-state index in [0.717, 1.165) is 30.7 Å². The quantitative estimate of drug-likeness (QED) is 0.512. The van der Waals surface area contributed by atoms with Crippen LogP contribution in [-0.2, 0) is 33.3 Å². The lowest BCUT2D eigenvalue weighted by Crippen LogP contribution is -2.51. The summed E-state index contributed by atoms with van der Waals surface area (Å²) in [5, 5.41) is 0. The van der Waals surface area contributed by atoms with Gasteiger partial charge in [0.05, 0.1) is 0 Å². The van der Waals surface area contributed by atoms with Gasteiger partial charge in [-0.2, -0.15) is 0 Å². The standard InChI is InChI=1S/C16H20N2O9/c1-8(19)24-7-11-13(25-9(2)20)16(4,27-10(3)21)14(26-11)18-6-5-12(22)17-15(18)23/h5-6,11,13-14H,7H2,1-4H3,(H,17,22,23)/t11?,13-,14-,16?/m0/s1. The van der Waals surface area contributed by atoms with Crippen LogP contribution < -0.4 is 11.2 Å². The Hall–Kier alpha value is -2.95.